The Bertz CT molecular complexity index is 149. The topological polar surface area (TPSA) is 12.9 Å². The largest absolute Gasteiger partial charge is 0.273 e. The van der Waals surface area contributed by atoms with Gasteiger partial charge in [-0.1, -0.05) is 17.6 Å². The molecule has 0 unspecified atom stereocenters. The summed E-state index contributed by atoms with van der Waals surface area (Å²) in [6, 6.07) is 4.07. The number of hydrogen-bond donors (Lipinski definition) is 0. The van der Waals surface area contributed by atoms with Gasteiger partial charge in [0.2, 0.25) is 0 Å². The zero-order chi connectivity index (χ0) is 5.98. The van der Waals surface area contributed by atoms with Crippen molar-refractivity contribution in [1.82, 2.24) is 4.98 Å². The van der Waals surface area contributed by atoms with E-state index in [1.165, 1.54) is 5.46 Å². The summed E-state index contributed by atoms with van der Waals surface area (Å²) in [7, 11) is 4.02. The van der Waals surface area contributed by atoms with E-state index in [1.807, 2.05) is 28.0 Å². The van der Waals surface area contributed by atoms with E-state index in [0.717, 1.165) is 5.59 Å². The molecular formula is C5H7B2N. The summed E-state index contributed by atoms with van der Waals surface area (Å²) in [6.45, 7) is 0. The zero-order valence-electron chi connectivity index (χ0n) is 5.18. The molecule has 0 amide bonds. The fourth-order valence-electron chi connectivity index (χ4n) is 0.542. The molecule has 0 radical (unpaired) electrons. The second kappa shape index (κ2) is 2.03. The standard InChI is InChI=1S/C5H7B2N/c6-4-1-2-5(7)8-3-4/h1-3H,6-7H2. The average Bonchev–Trinajstić information content (AvgIpc) is 1.77. The third kappa shape index (κ3) is 1.12. The SMILES string of the molecule is Bc1ccc(B)nc1. The second-order valence-corrected chi connectivity index (χ2v) is 1.98. The van der Waals surface area contributed by atoms with E-state index in [0.29, 0.717) is 0 Å². The molecule has 1 rings (SSSR count). The molecule has 0 bridgehead atoms. The van der Waals surface area contributed by atoms with E-state index in [-0.39, 0.29) is 0 Å². The first-order valence-electron chi connectivity index (χ1n) is 2.68. The van der Waals surface area contributed by atoms with E-state index in [1.54, 1.807) is 0 Å². The molecule has 1 heterocycles. The van der Waals surface area contributed by atoms with Gasteiger partial charge in [0, 0.05) is 6.20 Å². The average molecular weight is 103 g/mol. The molecule has 3 heteroatoms. The highest BCUT2D eigenvalue weighted by atomic mass is 14.6. The molecule has 0 atom stereocenters. The Hall–Kier alpha value is -0.720. The molecule has 0 aliphatic heterocycles. The molecule has 0 aliphatic carbocycles. The minimum absolute atomic E-state index is 1.08. The fourth-order valence-corrected chi connectivity index (χ4v) is 0.542. The van der Waals surface area contributed by atoms with Gasteiger partial charge in [0.05, 0.1) is 0 Å². The van der Waals surface area contributed by atoms with E-state index in [4.69, 9.17) is 0 Å². The third-order valence-corrected chi connectivity index (χ3v) is 1.06. The van der Waals surface area contributed by atoms with Crippen molar-refractivity contribution in [2.24, 2.45) is 0 Å². The van der Waals surface area contributed by atoms with Crippen LogP contribution in [0.4, 0.5) is 0 Å². The smallest absolute Gasteiger partial charge is 0.163 e. The molecule has 0 saturated carbocycles. The summed E-state index contributed by atoms with van der Waals surface area (Å²) in [4.78, 5) is 4.08. The van der Waals surface area contributed by atoms with Crippen LogP contribution in [-0.4, -0.2) is 20.7 Å². The zero-order valence-corrected chi connectivity index (χ0v) is 5.18. The number of pyridine rings is 1. The lowest BCUT2D eigenvalue weighted by atomic mass is 9.96. The lowest BCUT2D eigenvalue weighted by Gasteiger charge is -1.89. The monoisotopic (exact) mass is 103 g/mol. The van der Waals surface area contributed by atoms with Gasteiger partial charge in [0.1, 0.15) is 7.85 Å². The lowest BCUT2D eigenvalue weighted by Crippen LogP contribution is -2.13. The molecule has 0 fully saturated rings. The number of rotatable bonds is 0. The first-order chi connectivity index (χ1) is 3.79. The van der Waals surface area contributed by atoms with Crippen LogP contribution >= 0.6 is 0 Å². The van der Waals surface area contributed by atoms with Gasteiger partial charge in [0.25, 0.3) is 0 Å². The molecule has 0 spiro atoms. The summed E-state index contributed by atoms with van der Waals surface area (Å²) in [6.07, 6.45) is 1.87. The molecule has 1 aromatic rings. The van der Waals surface area contributed by atoms with Crippen LogP contribution in [0.3, 0.4) is 0 Å². The van der Waals surface area contributed by atoms with Crippen LogP contribution in [0.15, 0.2) is 18.3 Å². The molecule has 1 nitrogen and oxygen atoms in total. The van der Waals surface area contributed by atoms with Crippen molar-refractivity contribution in [3.8, 4) is 0 Å². The van der Waals surface area contributed by atoms with Crippen LogP contribution in [0.1, 0.15) is 0 Å². The van der Waals surface area contributed by atoms with Gasteiger partial charge in [0.15, 0.2) is 7.85 Å². The van der Waals surface area contributed by atoms with Crippen molar-refractivity contribution in [3.63, 3.8) is 0 Å². The summed E-state index contributed by atoms with van der Waals surface area (Å²) in [5, 5.41) is 0. The highest BCUT2D eigenvalue weighted by molar-refractivity contribution is 6.34. The van der Waals surface area contributed by atoms with Crippen LogP contribution in [0, 0.1) is 0 Å². The Morgan fingerprint density at radius 1 is 1.25 bits per heavy atom. The predicted octanol–water partition coefficient (Wildman–Crippen LogP) is -2.40. The summed E-state index contributed by atoms with van der Waals surface area (Å²) in [5.41, 5.74) is 2.30. The number of hydrogen-bond acceptors (Lipinski definition) is 1. The molecule has 1 aromatic heterocycles. The van der Waals surface area contributed by atoms with E-state index in [9.17, 15) is 0 Å². The first kappa shape index (κ1) is 5.42. The highest BCUT2D eigenvalue weighted by Gasteiger charge is 1.81. The van der Waals surface area contributed by atoms with Crippen molar-refractivity contribution in [3.05, 3.63) is 18.3 Å². The van der Waals surface area contributed by atoms with Gasteiger partial charge in [-0.2, -0.15) is 0 Å². The molecule has 0 saturated heterocycles. The van der Waals surface area contributed by atoms with Crippen molar-refractivity contribution in [2.75, 3.05) is 0 Å². The van der Waals surface area contributed by atoms with Crippen LogP contribution in [-0.2, 0) is 0 Å². The lowest BCUT2D eigenvalue weighted by molar-refractivity contribution is 1.41. The van der Waals surface area contributed by atoms with Gasteiger partial charge in [-0.15, -0.1) is 0 Å². The van der Waals surface area contributed by atoms with E-state index < -0.39 is 0 Å². The first-order valence-corrected chi connectivity index (χ1v) is 2.68. The maximum atomic E-state index is 4.08. The van der Waals surface area contributed by atoms with Crippen LogP contribution < -0.4 is 11.1 Å². The summed E-state index contributed by atoms with van der Waals surface area (Å²) >= 11 is 0. The van der Waals surface area contributed by atoms with E-state index in [2.05, 4.69) is 11.1 Å². The molecular weight excluding hydrogens is 95.7 g/mol. The molecule has 38 valence electrons. The van der Waals surface area contributed by atoms with Gasteiger partial charge >= 0.3 is 0 Å². The van der Waals surface area contributed by atoms with E-state index >= 15 is 0 Å². The Balaban J connectivity index is 3.03. The van der Waals surface area contributed by atoms with Crippen molar-refractivity contribution >= 4 is 26.7 Å². The maximum Gasteiger partial charge on any atom is 0.163 e. The van der Waals surface area contributed by atoms with Gasteiger partial charge < -0.3 is 0 Å². The quantitative estimate of drug-likeness (QED) is 0.333. The molecule has 8 heavy (non-hydrogen) atoms. The van der Waals surface area contributed by atoms with Crippen molar-refractivity contribution < 1.29 is 0 Å². The Kier molecular flexibility index (Phi) is 1.38. The Morgan fingerprint density at radius 2 is 2.00 bits per heavy atom. The molecule has 0 aromatic carbocycles. The maximum absolute atomic E-state index is 4.08. The van der Waals surface area contributed by atoms with Crippen molar-refractivity contribution in [2.45, 2.75) is 0 Å². The highest BCUT2D eigenvalue weighted by Crippen LogP contribution is 1.66. The molecule has 0 N–H and O–H groups in total. The Labute approximate surface area is 51.0 Å². The van der Waals surface area contributed by atoms with Crippen LogP contribution in [0.2, 0.25) is 0 Å². The summed E-state index contributed by atoms with van der Waals surface area (Å²) in [5.74, 6) is 0. The second-order valence-electron chi connectivity index (χ2n) is 1.98. The normalized spacial score (nSPS) is 9.00. The van der Waals surface area contributed by atoms with Crippen LogP contribution in [0.25, 0.3) is 0 Å². The van der Waals surface area contributed by atoms with Crippen molar-refractivity contribution in [1.29, 1.82) is 0 Å². The third-order valence-electron chi connectivity index (χ3n) is 1.06. The summed E-state index contributed by atoms with van der Waals surface area (Å²) < 4.78 is 0. The Morgan fingerprint density at radius 3 is 2.38 bits per heavy atom. The minimum Gasteiger partial charge on any atom is -0.273 e. The van der Waals surface area contributed by atoms with Gasteiger partial charge in [-0.3, -0.25) is 4.98 Å². The van der Waals surface area contributed by atoms with Gasteiger partial charge in [-0.25, -0.2) is 0 Å². The number of nitrogens with zero attached hydrogens (tertiary/aromatic N) is 1. The molecule has 0 aliphatic rings. The number of aromatic nitrogens is 1. The fraction of sp³-hybridized carbons (Fsp3) is 0. The predicted molar refractivity (Wildman–Crippen MR) is 40.6 cm³/mol. The van der Waals surface area contributed by atoms with Gasteiger partial charge in [-0.05, 0) is 5.59 Å². The minimum atomic E-state index is 1.08. The van der Waals surface area contributed by atoms with Crippen LogP contribution in [0.5, 0.6) is 0 Å².